The van der Waals surface area contributed by atoms with Gasteiger partial charge in [-0.2, -0.15) is 10.2 Å². The molecule has 12 heteroatoms. The topological polar surface area (TPSA) is 148 Å². The Bertz CT molecular complexity index is 1520. The second kappa shape index (κ2) is 7.66. The lowest BCUT2D eigenvalue weighted by atomic mass is 9.63. The number of nitriles is 1. The Hall–Kier alpha value is -3.17. The van der Waals surface area contributed by atoms with E-state index in [1.807, 2.05) is 11.9 Å². The summed E-state index contributed by atoms with van der Waals surface area (Å²) >= 11 is 1.49. The van der Waals surface area contributed by atoms with Gasteiger partial charge in [-0.1, -0.05) is 5.16 Å². The SMILES string of the molecule is CN1CCOc2c(-c3noc4c3CCC[C@@]43CCCc4sc(N)c(C#N)c43)nc(S(C)(=O)=O)nc21. The van der Waals surface area contributed by atoms with Crippen LogP contribution in [0.2, 0.25) is 0 Å². The van der Waals surface area contributed by atoms with Crippen LogP contribution in [0.1, 0.15) is 53.0 Å². The summed E-state index contributed by atoms with van der Waals surface area (Å²) in [7, 11) is -1.84. The maximum Gasteiger partial charge on any atom is 0.249 e. The standard InChI is InChI=1S/C23H24N6O4S2/c1-29-9-10-32-18-17(26-22(27-21(18)29)35(2,30)31)16-12-5-3-7-23(19(12)33-28-16)8-4-6-14-15(23)13(11-24)20(25)34-14/h3-10,25H2,1-2H3/t23-/m0/s1. The van der Waals surface area contributed by atoms with Crippen LogP contribution in [-0.4, -0.2) is 50.0 Å². The molecule has 1 spiro atoms. The number of ether oxygens (including phenoxy) is 1. The van der Waals surface area contributed by atoms with Crippen LogP contribution >= 0.6 is 11.3 Å². The number of sulfone groups is 1. The van der Waals surface area contributed by atoms with Crippen molar-refractivity contribution < 1.29 is 17.7 Å². The van der Waals surface area contributed by atoms with E-state index in [4.69, 9.17) is 15.0 Å². The molecule has 2 aliphatic carbocycles. The minimum atomic E-state index is -3.68. The third kappa shape index (κ3) is 3.18. The minimum absolute atomic E-state index is 0.275. The van der Waals surface area contributed by atoms with Crippen molar-refractivity contribution in [3.8, 4) is 23.2 Å². The first-order chi connectivity index (χ1) is 16.7. The van der Waals surface area contributed by atoms with E-state index in [-0.39, 0.29) is 5.16 Å². The molecule has 0 bridgehead atoms. The summed E-state index contributed by atoms with van der Waals surface area (Å²) in [4.78, 5) is 11.7. The van der Waals surface area contributed by atoms with Crippen LogP contribution in [0.25, 0.3) is 11.4 Å². The molecule has 0 amide bonds. The molecule has 1 aliphatic heterocycles. The van der Waals surface area contributed by atoms with E-state index in [1.165, 1.54) is 11.3 Å². The molecule has 3 aromatic rings. The van der Waals surface area contributed by atoms with E-state index in [9.17, 15) is 13.7 Å². The summed E-state index contributed by atoms with van der Waals surface area (Å²) in [5, 5.41) is 14.6. The number of aromatic nitrogens is 3. The molecule has 2 N–H and O–H groups in total. The minimum Gasteiger partial charge on any atom is -0.486 e. The van der Waals surface area contributed by atoms with Gasteiger partial charge in [0, 0.05) is 23.7 Å². The third-order valence-electron chi connectivity index (χ3n) is 7.28. The summed E-state index contributed by atoms with van der Waals surface area (Å²) in [5.41, 5.74) is 8.97. The highest BCUT2D eigenvalue weighted by Crippen LogP contribution is 2.55. The molecule has 182 valence electrons. The lowest BCUT2D eigenvalue weighted by molar-refractivity contribution is 0.265. The maximum atomic E-state index is 12.4. The Morgan fingerprint density at radius 3 is 2.71 bits per heavy atom. The van der Waals surface area contributed by atoms with Crippen molar-refractivity contribution in [2.45, 2.75) is 49.1 Å². The molecule has 0 saturated heterocycles. The molecule has 4 heterocycles. The van der Waals surface area contributed by atoms with Gasteiger partial charge in [-0.05, 0) is 44.1 Å². The van der Waals surface area contributed by atoms with E-state index in [1.54, 1.807) is 0 Å². The van der Waals surface area contributed by atoms with Crippen molar-refractivity contribution in [3.05, 3.63) is 27.3 Å². The molecule has 0 saturated carbocycles. The van der Waals surface area contributed by atoms with Gasteiger partial charge >= 0.3 is 0 Å². The average Bonchev–Trinajstić information content (AvgIpc) is 3.40. The average molecular weight is 513 g/mol. The Morgan fingerprint density at radius 1 is 1.20 bits per heavy atom. The lowest BCUT2D eigenvalue weighted by Crippen LogP contribution is -2.35. The van der Waals surface area contributed by atoms with Crippen molar-refractivity contribution in [2.75, 3.05) is 37.1 Å². The highest BCUT2D eigenvalue weighted by Gasteiger charge is 2.49. The molecule has 0 fully saturated rings. The maximum absolute atomic E-state index is 12.4. The van der Waals surface area contributed by atoms with E-state index >= 15 is 0 Å². The van der Waals surface area contributed by atoms with Gasteiger partial charge in [-0.15, -0.1) is 11.3 Å². The highest BCUT2D eigenvalue weighted by molar-refractivity contribution is 7.90. The summed E-state index contributed by atoms with van der Waals surface area (Å²) in [6, 6.07) is 2.32. The summed E-state index contributed by atoms with van der Waals surface area (Å²) in [6.45, 7) is 0.997. The molecular formula is C23H24N6O4S2. The monoisotopic (exact) mass is 512 g/mol. The largest absolute Gasteiger partial charge is 0.486 e. The zero-order valence-electron chi connectivity index (χ0n) is 19.4. The third-order valence-corrected chi connectivity index (χ3v) is 9.20. The van der Waals surface area contributed by atoms with Crippen molar-refractivity contribution in [3.63, 3.8) is 0 Å². The molecule has 3 aliphatic rings. The molecule has 0 radical (unpaired) electrons. The number of nitrogens with two attached hydrogens (primary N) is 1. The summed E-state index contributed by atoms with van der Waals surface area (Å²) < 4.78 is 36.8. The number of rotatable bonds is 2. The van der Waals surface area contributed by atoms with Crippen LogP contribution in [0, 0.1) is 11.3 Å². The molecule has 3 aromatic heterocycles. The number of likely N-dealkylation sites (N-methyl/N-ethyl adjacent to an activating group) is 1. The van der Waals surface area contributed by atoms with Crippen molar-refractivity contribution in [2.24, 2.45) is 0 Å². The predicted molar refractivity (Wildman–Crippen MR) is 130 cm³/mol. The van der Waals surface area contributed by atoms with Crippen LogP contribution in [0.4, 0.5) is 10.8 Å². The van der Waals surface area contributed by atoms with Crippen LogP contribution < -0.4 is 15.4 Å². The number of hydrogen-bond donors (Lipinski definition) is 1. The van der Waals surface area contributed by atoms with Gasteiger partial charge < -0.3 is 19.9 Å². The fourth-order valence-corrected chi connectivity index (χ4v) is 7.42. The zero-order valence-corrected chi connectivity index (χ0v) is 21.1. The van der Waals surface area contributed by atoms with Gasteiger partial charge in [0.05, 0.1) is 17.5 Å². The Balaban J connectivity index is 1.59. The fourth-order valence-electron chi connectivity index (χ4n) is 5.75. The van der Waals surface area contributed by atoms with E-state index in [0.29, 0.717) is 53.1 Å². The van der Waals surface area contributed by atoms with Crippen molar-refractivity contribution >= 4 is 32.0 Å². The number of fused-ring (bicyclic) bond motifs is 5. The van der Waals surface area contributed by atoms with Gasteiger partial charge in [-0.25, -0.2) is 13.4 Å². The first-order valence-corrected chi connectivity index (χ1v) is 14.2. The first kappa shape index (κ1) is 22.3. The van der Waals surface area contributed by atoms with Gasteiger partial charge in [-0.3, -0.25) is 0 Å². The van der Waals surface area contributed by atoms with Crippen LogP contribution in [0.15, 0.2) is 9.68 Å². The molecule has 0 aromatic carbocycles. The zero-order chi connectivity index (χ0) is 24.5. The van der Waals surface area contributed by atoms with Gasteiger partial charge in [0.15, 0.2) is 17.3 Å². The number of hydrogen-bond acceptors (Lipinski definition) is 11. The second-order valence-corrected chi connectivity index (χ2v) is 12.5. The number of aryl methyl sites for hydroxylation is 1. The smallest absolute Gasteiger partial charge is 0.249 e. The summed E-state index contributed by atoms with van der Waals surface area (Å²) in [5.74, 6) is 1.55. The van der Waals surface area contributed by atoms with Crippen molar-refractivity contribution in [1.82, 2.24) is 15.1 Å². The number of nitrogen functional groups attached to an aromatic ring is 1. The van der Waals surface area contributed by atoms with E-state index in [0.717, 1.165) is 60.1 Å². The van der Waals surface area contributed by atoms with Gasteiger partial charge in [0.25, 0.3) is 0 Å². The normalized spacial score (nSPS) is 21.1. The molecule has 1 atom stereocenters. The fraction of sp³-hybridized carbons (Fsp3) is 0.478. The van der Waals surface area contributed by atoms with Crippen LogP contribution in [-0.2, 0) is 28.1 Å². The number of thiophene rings is 1. The van der Waals surface area contributed by atoms with Gasteiger partial charge in [0.2, 0.25) is 15.0 Å². The molecule has 35 heavy (non-hydrogen) atoms. The second-order valence-electron chi connectivity index (χ2n) is 9.43. The predicted octanol–water partition coefficient (Wildman–Crippen LogP) is 2.84. The quantitative estimate of drug-likeness (QED) is 0.508. The van der Waals surface area contributed by atoms with Crippen LogP contribution in [0.3, 0.4) is 0 Å². The van der Waals surface area contributed by atoms with E-state index in [2.05, 4.69) is 21.2 Å². The highest BCUT2D eigenvalue weighted by atomic mass is 32.2. The molecule has 6 rings (SSSR count). The van der Waals surface area contributed by atoms with Gasteiger partial charge in [0.1, 0.15) is 29.1 Å². The number of nitrogens with zero attached hydrogens (tertiary/aromatic N) is 5. The van der Waals surface area contributed by atoms with E-state index < -0.39 is 15.3 Å². The Kier molecular flexibility index (Phi) is 4.88. The summed E-state index contributed by atoms with van der Waals surface area (Å²) in [6.07, 6.45) is 6.18. The molecule has 0 unspecified atom stereocenters. The van der Waals surface area contributed by atoms with Crippen LogP contribution in [0.5, 0.6) is 5.75 Å². The number of anilines is 2. The lowest BCUT2D eigenvalue weighted by Gasteiger charge is -2.39. The Labute approximate surface area is 206 Å². The molecular weight excluding hydrogens is 488 g/mol. The van der Waals surface area contributed by atoms with Crippen molar-refractivity contribution in [1.29, 1.82) is 5.26 Å². The molecule has 10 nitrogen and oxygen atoms in total. The Morgan fingerprint density at radius 2 is 1.97 bits per heavy atom. The first-order valence-electron chi connectivity index (χ1n) is 11.5.